The number of methoxy groups -OCH3 is 2. The molecule has 0 saturated carbocycles. The highest BCUT2D eigenvalue weighted by molar-refractivity contribution is 8.01. The van der Waals surface area contributed by atoms with Gasteiger partial charge in [0.05, 0.1) is 19.9 Å². The molecule has 8 nitrogen and oxygen atoms in total. The lowest BCUT2D eigenvalue weighted by atomic mass is 10.2. The first-order valence-corrected chi connectivity index (χ1v) is 11.3. The van der Waals surface area contributed by atoms with E-state index in [0.29, 0.717) is 36.0 Å². The van der Waals surface area contributed by atoms with Crippen molar-refractivity contribution < 1.29 is 23.9 Å². The Morgan fingerprint density at radius 1 is 1.06 bits per heavy atom. The number of benzene rings is 2. The number of hydrogen-bond donors (Lipinski definition) is 1. The van der Waals surface area contributed by atoms with Crippen LogP contribution in [-0.4, -0.2) is 61.7 Å². The van der Waals surface area contributed by atoms with Gasteiger partial charge in [0.1, 0.15) is 18.0 Å². The molecule has 1 atom stereocenters. The number of hydrogen-bond acceptors (Lipinski definition) is 6. The first-order valence-electron chi connectivity index (χ1n) is 10.4. The number of rotatable bonds is 6. The number of nitrogens with one attached hydrogen (secondary N) is 1. The lowest BCUT2D eigenvalue weighted by Crippen LogP contribution is -2.51. The van der Waals surface area contributed by atoms with Crippen molar-refractivity contribution in [1.29, 1.82) is 0 Å². The fourth-order valence-electron chi connectivity index (χ4n) is 3.86. The van der Waals surface area contributed by atoms with Crippen molar-refractivity contribution in [2.24, 2.45) is 0 Å². The molecule has 0 unspecified atom stereocenters. The maximum atomic E-state index is 13.3. The topological polar surface area (TPSA) is 88.2 Å². The summed E-state index contributed by atoms with van der Waals surface area (Å²) in [4.78, 5) is 43.2. The van der Waals surface area contributed by atoms with E-state index < -0.39 is 5.25 Å². The SMILES string of the molecule is COc1cc(NC(=O)CN2C(=O)[C@@H](C(=O)N3CCCC3)Sc3ccccc32)cc(OC)c1. The summed E-state index contributed by atoms with van der Waals surface area (Å²) in [5, 5.41) is 1.91. The van der Waals surface area contributed by atoms with E-state index in [4.69, 9.17) is 9.47 Å². The Bertz CT molecular complexity index is 1020. The largest absolute Gasteiger partial charge is 0.497 e. The highest BCUT2D eigenvalue weighted by Crippen LogP contribution is 2.40. The summed E-state index contributed by atoms with van der Waals surface area (Å²) in [5.41, 5.74) is 1.12. The number of fused-ring (bicyclic) bond motifs is 1. The number of anilines is 2. The molecule has 0 aromatic heterocycles. The van der Waals surface area contributed by atoms with Crippen molar-refractivity contribution in [1.82, 2.24) is 4.90 Å². The summed E-state index contributed by atoms with van der Waals surface area (Å²) >= 11 is 1.26. The van der Waals surface area contributed by atoms with Gasteiger partial charge in [0.2, 0.25) is 11.8 Å². The van der Waals surface area contributed by atoms with Crippen molar-refractivity contribution in [2.75, 3.05) is 44.1 Å². The quantitative estimate of drug-likeness (QED) is 0.674. The molecule has 32 heavy (non-hydrogen) atoms. The number of para-hydroxylation sites is 1. The maximum Gasteiger partial charge on any atom is 0.250 e. The fraction of sp³-hybridized carbons (Fsp3) is 0.348. The van der Waals surface area contributed by atoms with Crippen LogP contribution in [0.3, 0.4) is 0 Å². The average molecular weight is 456 g/mol. The molecule has 4 rings (SSSR count). The third kappa shape index (κ3) is 4.52. The summed E-state index contributed by atoms with van der Waals surface area (Å²) in [5.74, 6) is 0.125. The van der Waals surface area contributed by atoms with Crippen molar-refractivity contribution >= 4 is 40.9 Å². The molecule has 1 saturated heterocycles. The van der Waals surface area contributed by atoms with Crippen LogP contribution in [0.4, 0.5) is 11.4 Å². The summed E-state index contributed by atoms with van der Waals surface area (Å²) in [6.07, 6.45) is 1.90. The second kappa shape index (κ2) is 9.52. The van der Waals surface area contributed by atoms with Crippen molar-refractivity contribution in [3.05, 3.63) is 42.5 Å². The molecule has 0 bridgehead atoms. The number of carbonyl (C=O) groups excluding carboxylic acids is 3. The van der Waals surface area contributed by atoms with Crippen LogP contribution in [0.2, 0.25) is 0 Å². The Hall–Kier alpha value is -3.20. The second-order valence-corrected chi connectivity index (χ2v) is 8.72. The number of likely N-dealkylation sites (tertiary alicyclic amines) is 1. The molecule has 3 amide bonds. The monoisotopic (exact) mass is 455 g/mol. The number of nitrogens with zero attached hydrogens (tertiary/aromatic N) is 2. The first-order chi connectivity index (χ1) is 15.5. The Morgan fingerprint density at radius 3 is 2.38 bits per heavy atom. The lowest BCUT2D eigenvalue weighted by Gasteiger charge is -2.34. The van der Waals surface area contributed by atoms with Crippen LogP contribution in [-0.2, 0) is 14.4 Å². The number of thioether (sulfide) groups is 1. The molecule has 2 aliphatic rings. The standard InChI is InChI=1S/C23H25N3O5S/c1-30-16-11-15(12-17(13-16)31-2)24-20(27)14-26-18-7-3-4-8-19(18)32-21(23(26)29)22(28)25-9-5-6-10-25/h3-4,7-8,11-13,21H,5-6,9-10,14H2,1-2H3,(H,24,27)/t21-/m1/s1. The van der Waals surface area contributed by atoms with Gasteiger partial charge >= 0.3 is 0 Å². The zero-order chi connectivity index (χ0) is 22.7. The van der Waals surface area contributed by atoms with Crippen molar-refractivity contribution in [2.45, 2.75) is 23.0 Å². The summed E-state index contributed by atoms with van der Waals surface area (Å²) in [7, 11) is 3.05. The summed E-state index contributed by atoms with van der Waals surface area (Å²) < 4.78 is 10.5. The van der Waals surface area contributed by atoms with Gasteiger partial charge in [-0.05, 0) is 25.0 Å². The van der Waals surface area contributed by atoms with Crippen LogP contribution in [0.15, 0.2) is 47.4 Å². The summed E-state index contributed by atoms with van der Waals surface area (Å²) in [6, 6.07) is 12.4. The van der Waals surface area contributed by atoms with E-state index in [1.165, 1.54) is 30.9 Å². The van der Waals surface area contributed by atoms with E-state index in [0.717, 1.165) is 17.7 Å². The molecule has 2 aromatic carbocycles. The third-order valence-electron chi connectivity index (χ3n) is 5.47. The molecular formula is C23H25N3O5S. The Labute approximate surface area is 190 Å². The molecule has 0 spiro atoms. The predicted molar refractivity (Wildman–Crippen MR) is 122 cm³/mol. The zero-order valence-corrected chi connectivity index (χ0v) is 18.8. The molecule has 0 aliphatic carbocycles. The normalized spacial score (nSPS) is 17.7. The molecule has 1 fully saturated rings. The number of ether oxygens (including phenoxy) is 2. The molecule has 9 heteroatoms. The van der Waals surface area contributed by atoms with Gasteiger partial charge < -0.3 is 24.6 Å². The Kier molecular flexibility index (Phi) is 6.55. The third-order valence-corrected chi connectivity index (χ3v) is 6.71. The van der Waals surface area contributed by atoms with E-state index >= 15 is 0 Å². The van der Waals surface area contributed by atoms with Gasteiger partial charge in [-0.2, -0.15) is 0 Å². The van der Waals surface area contributed by atoms with Gasteiger partial charge in [-0.15, -0.1) is 11.8 Å². The molecule has 2 heterocycles. The van der Waals surface area contributed by atoms with E-state index in [9.17, 15) is 14.4 Å². The van der Waals surface area contributed by atoms with Crippen LogP contribution in [0.25, 0.3) is 0 Å². The smallest absolute Gasteiger partial charge is 0.250 e. The predicted octanol–water partition coefficient (Wildman–Crippen LogP) is 2.77. The van der Waals surface area contributed by atoms with E-state index in [-0.39, 0.29) is 24.3 Å². The Balaban J connectivity index is 1.55. The van der Waals surface area contributed by atoms with Gasteiger partial charge in [0.25, 0.3) is 5.91 Å². The van der Waals surface area contributed by atoms with E-state index in [1.54, 1.807) is 29.2 Å². The number of carbonyl (C=O) groups is 3. The fourth-order valence-corrected chi connectivity index (χ4v) is 5.05. The van der Waals surface area contributed by atoms with Crippen LogP contribution < -0.4 is 19.7 Å². The minimum absolute atomic E-state index is 0.185. The van der Waals surface area contributed by atoms with Crippen molar-refractivity contribution in [3.63, 3.8) is 0 Å². The number of amides is 3. The Morgan fingerprint density at radius 2 is 1.72 bits per heavy atom. The van der Waals surface area contributed by atoms with Gasteiger partial charge in [0, 0.05) is 41.9 Å². The van der Waals surface area contributed by atoms with Crippen LogP contribution in [0.1, 0.15) is 12.8 Å². The van der Waals surface area contributed by atoms with Crippen LogP contribution in [0.5, 0.6) is 11.5 Å². The highest BCUT2D eigenvalue weighted by Gasteiger charge is 2.41. The molecular weight excluding hydrogens is 430 g/mol. The maximum absolute atomic E-state index is 13.3. The van der Waals surface area contributed by atoms with Crippen LogP contribution in [0, 0.1) is 0 Å². The highest BCUT2D eigenvalue weighted by atomic mass is 32.2. The average Bonchev–Trinajstić information content (AvgIpc) is 3.35. The lowest BCUT2D eigenvalue weighted by molar-refractivity contribution is -0.134. The van der Waals surface area contributed by atoms with Crippen LogP contribution >= 0.6 is 11.8 Å². The van der Waals surface area contributed by atoms with Gasteiger partial charge in [0.15, 0.2) is 5.25 Å². The molecule has 2 aromatic rings. The van der Waals surface area contributed by atoms with E-state index in [2.05, 4.69) is 5.32 Å². The molecule has 168 valence electrons. The van der Waals surface area contributed by atoms with Gasteiger partial charge in [-0.3, -0.25) is 14.4 Å². The molecule has 0 radical (unpaired) electrons. The van der Waals surface area contributed by atoms with E-state index in [1.807, 2.05) is 18.2 Å². The molecule has 2 aliphatic heterocycles. The zero-order valence-electron chi connectivity index (χ0n) is 18.0. The minimum Gasteiger partial charge on any atom is -0.497 e. The van der Waals surface area contributed by atoms with Gasteiger partial charge in [-0.1, -0.05) is 12.1 Å². The second-order valence-electron chi connectivity index (χ2n) is 7.57. The van der Waals surface area contributed by atoms with Gasteiger partial charge in [-0.25, -0.2) is 0 Å². The van der Waals surface area contributed by atoms with Crippen molar-refractivity contribution in [3.8, 4) is 11.5 Å². The molecule has 1 N–H and O–H groups in total. The summed E-state index contributed by atoms with van der Waals surface area (Å²) in [6.45, 7) is 1.13. The first kappa shape index (κ1) is 22.0. The minimum atomic E-state index is -0.882.